The third-order valence-corrected chi connectivity index (χ3v) is 32.4. The second kappa shape index (κ2) is 42.9. The lowest BCUT2D eigenvalue weighted by atomic mass is 9.79. The smallest absolute Gasteiger partial charge is 0.261 e. The molecule has 0 aromatic heterocycles. The Morgan fingerprint density at radius 1 is 0.212 bits per heavy atom. The molecule has 146 heavy (non-hydrogen) atoms. The van der Waals surface area contributed by atoms with Gasteiger partial charge in [0.15, 0.2) is 0 Å². The van der Waals surface area contributed by atoms with Crippen molar-refractivity contribution >= 4 is 133 Å². The number of nitrogens with zero attached hydrogens (tertiary/aromatic N) is 4. The van der Waals surface area contributed by atoms with Crippen molar-refractivity contribution in [1.29, 1.82) is 0 Å². The van der Waals surface area contributed by atoms with Gasteiger partial charge in [0.1, 0.15) is 11.5 Å². The van der Waals surface area contributed by atoms with Crippen LogP contribution in [-0.2, 0) is 0 Å². The summed E-state index contributed by atoms with van der Waals surface area (Å²) in [5.74, 6) is 38.5. The molecule has 4 aliphatic carbocycles. The fraction of sp³-hybridized carbons (Fsp3) is 0.364. The van der Waals surface area contributed by atoms with E-state index >= 15 is 38.4 Å². The van der Waals surface area contributed by atoms with Gasteiger partial charge in [-0.25, -0.2) is 0 Å². The van der Waals surface area contributed by atoms with Crippen molar-refractivity contribution in [3.8, 4) is 82.5 Å². The van der Waals surface area contributed by atoms with Crippen LogP contribution in [0.25, 0.3) is 86.2 Å². The minimum Gasteiger partial charge on any atom is -0.493 e. The third-order valence-electron chi connectivity index (χ3n) is 32.4. The molecule has 0 saturated heterocycles. The highest BCUT2D eigenvalue weighted by Gasteiger charge is 2.46. The van der Waals surface area contributed by atoms with Crippen molar-refractivity contribution in [2.24, 2.45) is 0 Å². The molecule has 8 amide bonds. The molecule has 14 heteroatoms. The summed E-state index contributed by atoms with van der Waals surface area (Å²) in [7, 11) is 0. The molecule has 4 saturated carbocycles. The van der Waals surface area contributed by atoms with Gasteiger partial charge in [0.25, 0.3) is 47.3 Å². The quantitative estimate of drug-likeness (QED) is 0.0151. The van der Waals surface area contributed by atoms with E-state index in [9.17, 15) is 0 Å². The van der Waals surface area contributed by atoms with Crippen LogP contribution >= 0.6 is 0 Å². The maximum absolute atomic E-state index is 15.3. The van der Waals surface area contributed by atoms with Gasteiger partial charge in [-0.3, -0.25) is 58.0 Å². The Morgan fingerprint density at radius 2 is 0.425 bits per heavy atom. The molecule has 14 nitrogen and oxygen atoms in total. The maximum atomic E-state index is 15.3. The minimum atomic E-state index is -0.315. The summed E-state index contributed by atoms with van der Waals surface area (Å²) < 4.78 is 14.0. The van der Waals surface area contributed by atoms with Gasteiger partial charge in [-0.2, -0.15) is 0 Å². The molecule has 0 bridgehead atoms. The number of amides is 8. The topological polar surface area (TPSA) is 168 Å². The highest BCUT2D eigenvalue weighted by atomic mass is 16.5. The SMILES string of the molecule is CCCCCCCCCCCCOc1cc2c3c(ccc4c5c(C#Cc6ccc(C#Cc7ccc(C#CC#Cc8ccc(C#Cc9ccc(C#Cc%10cc%11c%12c(ccc%13c%14c(OCCCCCCCCCCCC)cc%15c%16c(ccc(c%10c%12%13)c%16%14)C(=O)N(C%10CCCCC%10)C%15=O)C(=O)N(C%10CCCCC%10)C%11=O)cc9)cc8)cc7)cc6)cc6c7c(ccc(c1c34)c75)C(=O)N(C1CCCCC1)C6=O)C(=O)N(C1CCCCC1)C2=O. The summed E-state index contributed by atoms with van der Waals surface area (Å²) in [5.41, 5.74) is 11.1. The number of carbonyl (C=O) groups is 8. The zero-order valence-electron chi connectivity index (χ0n) is 84.0. The first kappa shape index (κ1) is 96.0. The molecule has 14 aromatic rings. The predicted molar refractivity (Wildman–Crippen MR) is 583 cm³/mol. The summed E-state index contributed by atoms with van der Waals surface area (Å²) in [6, 6.07) is 53.3. The van der Waals surface area contributed by atoms with E-state index in [1.165, 1.54) is 109 Å². The number of hydrogen-bond donors (Lipinski definition) is 0. The van der Waals surface area contributed by atoms with Crippen molar-refractivity contribution < 1.29 is 47.8 Å². The lowest BCUT2D eigenvalue weighted by molar-refractivity contribution is 0.0487. The lowest BCUT2D eigenvalue weighted by Gasteiger charge is -2.37. The number of fused-ring (bicyclic) bond motifs is 4. The summed E-state index contributed by atoms with van der Waals surface area (Å²) in [5, 5.41) is 11.5. The van der Waals surface area contributed by atoms with E-state index in [2.05, 4.69) is 84.9 Å². The molecule has 4 aliphatic heterocycles. The van der Waals surface area contributed by atoms with Crippen LogP contribution in [0.3, 0.4) is 0 Å². The second-order valence-electron chi connectivity index (χ2n) is 41.9. The number of benzene rings is 14. The van der Waals surface area contributed by atoms with Gasteiger partial charge in [-0.15, -0.1) is 0 Å². The molecule has 0 radical (unpaired) electrons. The zero-order chi connectivity index (χ0) is 99.4. The van der Waals surface area contributed by atoms with Crippen LogP contribution in [0.5, 0.6) is 11.5 Å². The Hall–Kier alpha value is -14.8. The van der Waals surface area contributed by atoms with Gasteiger partial charge >= 0.3 is 0 Å². The fourth-order valence-electron chi connectivity index (χ4n) is 24.9. The summed E-state index contributed by atoms with van der Waals surface area (Å²) in [6.07, 6.45) is 41.5. The van der Waals surface area contributed by atoms with Gasteiger partial charge in [0, 0.05) is 178 Å². The third kappa shape index (κ3) is 18.6. The average molecular weight is 1920 g/mol. The van der Waals surface area contributed by atoms with Crippen molar-refractivity contribution in [3.63, 3.8) is 0 Å². The summed E-state index contributed by atoms with van der Waals surface area (Å²) >= 11 is 0. The molecule has 14 aromatic carbocycles. The van der Waals surface area contributed by atoms with Crippen molar-refractivity contribution in [1.82, 2.24) is 19.6 Å². The van der Waals surface area contributed by atoms with Crippen LogP contribution in [0.4, 0.5) is 0 Å². The molecule has 8 aliphatic rings. The number of rotatable bonds is 28. The zero-order valence-corrected chi connectivity index (χ0v) is 84.0. The van der Waals surface area contributed by atoms with Gasteiger partial charge in [0.2, 0.25) is 0 Å². The maximum Gasteiger partial charge on any atom is 0.261 e. The molecule has 4 heterocycles. The molecule has 0 unspecified atom stereocenters. The number of carbonyl (C=O) groups excluding carboxylic acids is 8. The van der Waals surface area contributed by atoms with Crippen molar-refractivity contribution in [3.05, 3.63) is 270 Å². The van der Waals surface area contributed by atoms with E-state index in [1.807, 2.05) is 170 Å². The fourth-order valence-corrected chi connectivity index (χ4v) is 24.9. The number of imide groups is 4. The van der Waals surface area contributed by atoms with Crippen molar-refractivity contribution in [2.75, 3.05) is 13.2 Å². The second-order valence-corrected chi connectivity index (χ2v) is 41.9. The first-order chi connectivity index (χ1) is 71.8. The van der Waals surface area contributed by atoms with Crippen LogP contribution < -0.4 is 9.47 Å². The summed E-state index contributed by atoms with van der Waals surface area (Å²) in [6.45, 7) is 5.37. The monoisotopic (exact) mass is 1920 g/mol. The van der Waals surface area contributed by atoms with Gasteiger partial charge in [-0.1, -0.05) is 290 Å². The number of unbranched alkanes of at least 4 members (excludes halogenated alkanes) is 18. The summed E-state index contributed by atoms with van der Waals surface area (Å²) in [4.78, 5) is 127. The van der Waals surface area contributed by atoms with Crippen LogP contribution in [0, 0.1) is 71.0 Å². The molecule has 0 N–H and O–H groups in total. The lowest BCUT2D eigenvalue weighted by Crippen LogP contribution is -2.48. The van der Waals surface area contributed by atoms with Crippen LogP contribution in [0.2, 0.25) is 0 Å². The Labute approximate surface area is 855 Å². The molecular formula is C132H122N4O10. The van der Waals surface area contributed by atoms with E-state index in [1.54, 1.807) is 0 Å². The molecular weight excluding hydrogens is 1800 g/mol. The normalized spacial score (nSPS) is 16.1. The standard InChI is InChI=1S/C132H122N4O10/c1-3-5-7-9-11-13-15-17-19-35-79-145-111-83-109-117-105(127(139)135(131(109)143)97-43-29-23-30-44-97)75-71-99-113-93(81-107-115-103(77-73-101(121(113)115)119(111)123(99)117)125(137)133(129(107)141)95-39-25-21-26-40-95)69-67-91-63-59-89(60-64-91)57-55-87-51-47-85(48-52-87)37-33-34-38-86-49-53-88(54-50-86)56-58-90-61-65-92(66-62-90)68-70-94-82-108-116-104(126(138)134(130(108)142)96-41-27-22-28-42-96)78-74-102-120-112(146-80-36-20-18-16-14-12-10-8-6-4-2)84-110-118-106(76-72-100(124(118)120)114(94)122(102)116)128(140)136(132(110)144)98-45-31-24-32-46-98/h47-54,59-66,71-78,81-84,95-98H,3-32,35-36,39-46,79-80H2,1-2H3. The van der Waals surface area contributed by atoms with E-state index in [4.69, 9.17) is 9.47 Å². The predicted octanol–water partition coefficient (Wildman–Crippen LogP) is 29.1. The highest BCUT2D eigenvalue weighted by Crippen LogP contribution is 2.55. The molecule has 22 rings (SSSR count). The largest absolute Gasteiger partial charge is 0.493 e. The highest BCUT2D eigenvalue weighted by molar-refractivity contribution is 6.45. The Kier molecular flexibility index (Phi) is 28.2. The van der Waals surface area contributed by atoms with Crippen molar-refractivity contribution in [2.45, 2.75) is 295 Å². The van der Waals surface area contributed by atoms with Gasteiger partial charge < -0.3 is 9.47 Å². The molecule has 0 atom stereocenters. The van der Waals surface area contributed by atoms with Gasteiger partial charge in [0.05, 0.1) is 24.3 Å². The van der Waals surface area contributed by atoms with Crippen LogP contribution in [-0.4, -0.2) is 104 Å². The molecule has 4 fully saturated rings. The first-order valence-electron chi connectivity index (χ1n) is 54.6. The van der Waals surface area contributed by atoms with Gasteiger partial charge in [-0.05, 0) is 243 Å². The van der Waals surface area contributed by atoms with Crippen LogP contribution in [0.15, 0.2) is 170 Å². The Morgan fingerprint density at radius 3 is 0.685 bits per heavy atom. The van der Waals surface area contributed by atoms with E-state index in [0.717, 1.165) is 276 Å². The Balaban J connectivity index is 0.500. The molecule has 0 spiro atoms. The Bertz CT molecular complexity index is 7550. The number of ether oxygens (including phenoxy) is 2. The average Bonchev–Trinajstić information content (AvgIpc) is 0.681. The number of hydrogen-bond acceptors (Lipinski definition) is 10. The van der Waals surface area contributed by atoms with E-state index in [-0.39, 0.29) is 71.4 Å². The first-order valence-corrected chi connectivity index (χ1v) is 54.6. The minimum absolute atomic E-state index is 0.191. The van der Waals surface area contributed by atoms with E-state index < -0.39 is 0 Å². The molecule has 730 valence electrons. The van der Waals surface area contributed by atoms with Crippen LogP contribution in [0.1, 0.15) is 409 Å². The van der Waals surface area contributed by atoms with E-state index in [0.29, 0.717) is 102 Å².